The summed E-state index contributed by atoms with van der Waals surface area (Å²) in [5.74, 6) is 0. The van der Waals surface area contributed by atoms with Crippen LogP contribution < -0.4 is 10.5 Å². The number of rotatable bonds is 6. The molecule has 1 aliphatic carbocycles. The van der Waals surface area contributed by atoms with Crippen molar-refractivity contribution in [3.05, 3.63) is 18.0 Å². The van der Waals surface area contributed by atoms with Crippen molar-refractivity contribution in [1.29, 1.82) is 0 Å². The third kappa shape index (κ3) is 2.88. The Kier molecular flexibility index (Phi) is 3.56. The minimum atomic E-state index is -3.35. The highest BCUT2D eigenvalue weighted by Crippen LogP contribution is 2.23. The first-order chi connectivity index (χ1) is 8.06. The second-order valence-electron chi connectivity index (χ2n) is 4.46. The Balaban J connectivity index is 2.25. The number of nitrogens with two attached hydrogens (primary N) is 1. The van der Waals surface area contributed by atoms with Gasteiger partial charge in [0.15, 0.2) is 0 Å². The number of nitrogens with one attached hydrogen (secondary N) is 1. The minimum absolute atomic E-state index is 0.135. The predicted molar refractivity (Wildman–Crippen MR) is 66.0 cm³/mol. The first kappa shape index (κ1) is 12.6. The summed E-state index contributed by atoms with van der Waals surface area (Å²) in [4.78, 5) is 0.332. The van der Waals surface area contributed by atoms with E-state index in [9.17, 15) is 8.42 Å². The van der Waals surface area contributed by atoms with Crippen molar-refractivity contribution >= 4 is 10.0 Å². The van der Waals surface area contributed by atoms with Crippen LogP contribution in [0.25, 0.3) is 0 Å². The van der Waals surface area contributed by atoms with Crippen LogP contribution in [0.4, 0.5) is 0 Å². The van der Waals surface area contributed by atoms with Crippen molar-refractivity contribution < 1.29 is 8.42 Å². The molecule has 2 rings (SSSR count). The van der Waals surface area contributed by atoms with E-state index in [4.69, 9.17) is 5.73 Å². The molecule has 1 fully saturated rings. The van der Waals surface area contributed by atoms with E-state index in [1.54, 1.807) is 12.3 Å². The molecule has 17 heavy (non-hydrogen) atoms. The van der Waals surface area contributed by atoms with Gasteiger partial charge >= 0.3 is 0 Å². The zero-order valence-corrected chi connectivity index (χ0v) is 10.8. The Bertz CT molecular complexity index is 489. The van der Waals surface area contributed by atoms with Crippen LogP contribution in [0.3, 0.4) is 0 Å². The predicted octanol–water partition coefficient (Wildman–Crippen LogP) is 0.797. The van der Waals surface area contributed by atoms with Crippen molar-refractivity contribution in [3.63, 3.8) is 0 Å². The van der Waals surface area contributed by atoms with Gasteiger partial charge in [-0.15, -0.1) is 0 Å². The molecule has 1 aromatic rings. The Morgan fingerprint density at radius 1 is 1.53 bits per heavy atom. The molecule has 0 amide bonds. The fourth-order valence-electron chi connectivity index (χ4n) is 1.78. The molecule has 3 N–H and O–H groups in total. The topological polar surface area (TPSA) is 77.1 Å². The molecule has 0 aliphatic heterocycles. The van der Waals surface area contributed by atoms with E-state index < -0.39 is 10.0 Å². The maximum Gasteiger partial charge on any atom is 0.242 e. The molecule has 0 spiro atoms. The zero-order valence-electron chi connectivity index (χ0n) is 10.0. The van der Waals surface area contributed by atoms with Gasteiger partial charge in [-0.3, -0.25) is 0 Å². The average molecular weight is 257 g/mol. The Morgan fingerprint density at radius 3 is 2.76 bits per heavy atom. The first-order valence-electron chi connectivity index (χ1n) is 5.98. The molecule has 1 saturated carbocycles. The third-order valence-electron chi connectivity index (χ3n) is 2.84. The number of sulfonamides is 1. The second kappa shape index (κ2) is 4.80. The molecule has 0 aromatic carbocycles. The van der Waals surface area contributed by atoms with E-state index in [1.807, 2.05) is 4.57 Å². The Morgan fingerprint density at radius 2 is 2.24 bits per heavy atom. The second-order valence-corrected chi connectivity index (χ2v) is 6.17. The zero-order chi connectivity index (χ0) is 12.5. The molecule has 0 saturated heterocycles. The largest absolute Gasteiger partial charge is 0.349 e. The van der Waals surface area contributed by atoms with Crippen LogP contribution in [-0.2, 0) is 23.1 Å². The van der Waals surface area contributed by atoms with Crippen LogP contribution in [0.2, 0.25) is 0 Å². The number of aromatic nitrogens is 1. The van der Waals surface area contributed by atoms with Gasteiger partial charge in [0.25, 0.3) is 0 Å². The lowest BCUT2D eigenvalue weighted by Gasteiger charge is -2.04. The molecule has 0 unspecified atom stereocenters. The van der Waals surface area contributed by atoms with E-state index in [2.05, 4.69) is 11.6 Å². The first-order valence-corrected chi connectivity index (χ1v) is 7.46. The van der Waals surface area contributed by atoms with Crippen LogP contribution in [0.5, 0.6) is 0 Å². The van der Waals surface area contributed by atoms with Gasteiger partial charge in [-0.1, -0.05) is 6.92 Å². The van der Waals surface area contributed by atoms with Gasteiger partial charge in [0, 0.05) is 31.0 Å². The van der Waals surface area contributed by atoms with Gasteiger partial charge in [0.1, 0.15) is 0 Å². The summed E-state index contributed by atoms with van der Waals surface area (Å²) in [5, 5.41) is 0. The number of aryl methyl sites for hydroxylation is 1. The fourth-order valence-corrected chi connectivity index (χ4v) is 3.15. The molecule has 6 heteroatoms. The molecule has 5 nitrogen and oxygen atoms in total. The van der Waals surface area contributed by atoms with Crippen molar-refractivity contribution in [3.8, 4) is 0 Å². The van der Waals surface area contributed by atoms with Crippen molar-refractivity contribution in [2.24, 2.45) is 5.73 Å². The fraction of sp³-hybridized carbons (Fsp3) is 0.636. The molecular formula is C11H19N3O2S. The average Bonchev–Trinajstić information content (AvgIpc) is 2.96. The van der Waals surface area contributed by atoms with Crippen molar-refractivity contribution in [1.82, 2.24) is 9.29 Å². The van der Waals surface area contributed by atoms with Crippen LogP contribution in [-0.4, -0.2) is 19.0 Å². The molecule has 0 radical (unpaired) electrons. The molecular weight excluding hydrogens is 238 g/mol. The van der Waals surface area contributed by atoms with Gasteiger partial charge in [-0.05, 0) is 25.3 Å². The van der Waals surface area contributed by atoms with E-state index >= 15 is 0 Å². The minimum Gasteiger partial charge on any atom is -0.349 e. The normalized spacial score (nSPS) is 16.4. The van der Waals surface area contributed by atoms with E-state index in [0.717, 1.165) is 31.5 Å². The van der Waals surface area contributed by atoms with Crippen molar-refractivity contribution in [2.75, 3.05) is 0 Å². The summed E-state index contributed by atoms with van der Waals surface area (Å²) in [5.41, 5.74) is 6.48. The lowest BCUT2D eigenvalue weighted by Crippen LogP contribution is -2.25. The van der Waals surface area contributed by atoms with Gasteiger partial charge < -0.3 is 10.3 Å². The number of hydrogen-bond acceptors (Lipinski definition) is 3. The maximum atomic E-state index is 12.0. The van der Waals surface area contributed by atoms with E-state index in [-0.39, 0.29) is 6.04 Å². The van der Waals surface area contributed by atoms with E-state index in [1.165, 1.54) is 0 Å². The number of nitrogens with zero attached hydrogens (tertiary/aromatic N) is 1. The summed E-state index contributed by atoms with van der Waals surface area (Å²) in [6, 6.07) is 1.80. The molecule has 1 aromatic heterocycles. The van der Waals surface area contributed by atoms with E-state index in [0.29, 0.717) is 11.4 Å². The lowest BCUT2D eigenvalue weighted by atomic mass is 10.4. The standard InChI is InChI=1S/C11H19N3O2S/c1-2-5-14-8-11(6-10(14)7-12)17(15,16)13-9-3-4-9/h6,8-9,13H,2-5,7,12H2,1H3. The quantitative estimate of drug-likeness (QED) is 0.791. The third-order valence-corrected chi connectivity index (χ3v) is 4.33. The monoisotopic (exact) mass is 257 g/mol. The van der Waals surface area contributed by atoms with Gasteiger partial charge in [0.2, 0.25) is 10.0 Å². The smallest absolute Gasteiger partial charge is 0.242 e. The molecule has 1 aliphatic rings. The molecule has 96 valence electrons. The maximum absolute atomic E-state index is 12.0. The van der Waals surface area contributed by atoms with Gasteiger partial charge in [-0.2, -0.15) is 0 Å². The molecule has 0 atom stereocenters. The summed E-state index contributed by atoms with van der Waals surface area (Å²) in [6.45, 7) is 3.21. The van der Waals surface area contributed by atoms with Crippen molar-refractivity contribution in [2.45, 2.75) is 50.2 Å². The van der Waals surface area contributed by atoms with Crippen LogP contribution >= 0.6 is 0 Å². The summed E-state index contributed by atoms with van der Waals surface area (Å²) in [6.07, 6.45) is 4.52. The SMILES string of the molecule is CCCn1cc(S(=O)(=O)NC2CC2)cc1CN. The van der Waals surface area contributed by atoms with Crippen LogP contribution in [0.1, 0.15) is 31.9 Å². The highest BCUT2D eigenvalue weighted by Gasteiger charge is 2.28. The molecule has 0 bridgehead atoms. The summed E-state index contributed by atoms with van der Waals surface area (Å²) < 4.78 is 28.6. The van der Waals surface area contributed by atoms with Crippen LogP contribution in [0.15, 0.2) is 17.2 Å². The van der Waals surface area contributed by atoms with Crippen LogP contribution in [0, 0.1) is 0 Å². The highest BCUT2D eigenvalue weighted by molar-refractivity contribution is 7.89. The Labute approximate surface area is 102 Å². The molecule has 1 heterocycles. The highest BCUT2D eigenvalue weighted by atomic mass is 32.2. The lowest BCUT2D eigenvalue weighted by molar-refractivity contribution is 0.580. The van der Waals surface area contributed by atoms with Gasteiger partial charge in [0.05, 0.1) is 4.90 Å². The number of hydrogen-bond donors (Lipinski definition) is 2. The summed E-state index contributed by atoms with van der Waals surface area (Å²) >= 11 is 0. The summed E-state index contributed by atoms with van der Waals surface area (Å²) in [7, 11) is -3.35. The van der Waals surface area contributed by atoms with Gasteiger partial charge in [-0.25, -0.2) is 13.1 Å². The Hall–Kier alpha value is -0.850.